The van der Waals surface area contributed by atoms with Crippen LogP contribution in [0.25, 0.3) is 0 Å². The van der Waals surface area contributed by atoms with E-state index in [1.807, 2.05) is 0 Å². The first-order chi connectivity index (χ1) is 40.3. The molecule has 0 atom stereocenters. The van der Waals surface area contributed by atoms with Gasteiger partial charge < -0.3 is 19.6 Å². The molecule has 0 unspecified atom stereocenters. The summed E-state index contributed by atoms with van der Waals surface area (Å²) in [5.74, 6) is 0. The lowest BCUT2D eigenvalue weighted by Crippen LogP contribution is -2.61. The van der Waals surface area contributed by atoms with E-state index in [1.165, 1.54) is 98.2 Å². The van der Waals surface area contributed by atoms with Crippen LogP contribution < -0.4 is 36.0 Å². The third kappa shape index (κ3) is 11.9. The maximum absolute atomic E-state index is 2.57. The van der Waals surface area contributed by atoms with Crippen molar-refractivity contribution in [3.05, 3.63) is 234 Å². The van der Waals surface area contributed by atoms with Gasteiger partial charge in [0, 0.05) is 68.2 Å². The Balaban J connectivity index is 1.15. The van der Waals surface area contributed by atoms with Gasteiger partial charge in [-0.05, 0) is 199 Å². The fraction of sp³-hybridized carbons (Fsp3) is 0.325. The van der Waals surface area contributed by atoms with Crippen LogP contribution in [0, 0.1) is 0 Å². The second kappa shape index (κ2) is 22.6. The Kier molecular flexibility index (Phi) is 15.7. The number of fused-ring (bicyclic) bond motifs is 4. The van der Waals surface area contributed by atoms with E-state index in [-0.39, 0.29) is 33.8 Å². The largest absolute Gasteiger partial charge is 0.311 e. The van der Waals surface area contributed by atoms with Crippen LogP contribution in [0.1, 0.15) is 170 Å². The second-order valence-electron chi connectivity index (χ2n) is 29.4. The molecule has 0 N–H and O–H groups in total. The van der Waals surface area contributed by atoms with E-state index in [2.05, 4.69) is 331 Å². The molecule has 0 radical (unpaired) electrons. The average molecular weight is 1120 g/mol. The van der Waals surface area contributed by atoms with E-state index >= 15 is 0 Å². The molecule has 2 aliphatic heterocycles. The number of aryl methyl sites for hydroxylation is 1. The lowest BCUT2D eigenvalue weighted by molar-refractivity contribution is 0.590. The van der Waals surface area contributed by atoms with E-state index in [0.29, 0.717) is 0 Å². The molecule has 0 aliphatic carbocycles. The van der Waals surface area contributed by atoms with Crippen molar-refractivity contribution in [3.8, 4) is 0 Å². The van der Waals surface area contributed by atoms with E-state index in [1.54, 1.807) is 0 Å². The zero-order chi connectivity index (χ0) is 60.4. The van der Waals surface area contributed by atoms with Crippen LogP contribution in [0.2, 0.25) is 0 Å². The lowest BCUT2D eigenvalue weighted by atomic mass is 9.33. The maximum atomic E-state index is 2.57. The minimum absolute atomic E-state index is 0.00352. The van der Waals surface area contributed by atoms with Crippen molar-refractivity contribution in [2.45, 2.75) is 170 Å². The van der Waals surface area contributed by atoms with Crippen molar-refractivity contribution >= 4 is 91.3 Å². The summed E-state index contributed by atoms with van der Waals surface area (Å²) in [6.07, 6.45) is 6.07. The van der Waals surface area contributed by atoms with Crippen LogP contribution >= 0.6 is 0 Å². The minimum atomic E-state index is -0.0744. The van der Waals surface area contributed by atoms with Gasteiger partial charge in [-0.25, -0.2) is 0 Å². The fourth-order valence-corrected chi connectivity index (χ4v) is 12.8. The third-order valence-corrected chi connectivity index (χ3v) is 18.0. The molecule has 5 heteroatoms. The monoisotopic (exact) mass is 1120 g/mol. The molecule has 11 rings (SSSR count). The lowest BCUT2D eigenvalue weighted by Gasteiger charge is -2.44. The number of unbranched alkanes of at least 4 members (excludes halogenated alkanes) is 3. The topological polar surface area (TPSA) is 13.0 Å². The molecule has 0 saturated heterocycles. The Hall–Kier alpha value is -7.76. The normalized spacial score (nSPS) is 13.3. The quantitative estimate of drug-likeness (QED) is 0.0842. The van der Waals surface area contributed by atoms with Gasteiger partial charge >= 0.3 is 0 Å². The molecule has 0 aromatic heterocycles. The van der Waals surface area contributed by atoms with Gasteiger partial charge in [-0.1, -0.05) is 221 Å². The molecule has 2 heterocycles. The van der Waals surface area contributed by atoms with Crippen LogP contribution in [0.4, 0.5) is 68.2 Å². The van der Waals surface area contributed by atoms with E-state index in [0.717, 1.165) is 51.9 Å². The molecule has 0 bridgehead atoms. The van der Waals surface area contributed by atoms with Gasteiger partial charge in [0.1, 0.15) is 0 Å². The van der Waals surface area contributed by atoms with Crippen LogP contribution in [0.15, 0.2) is 200 Å². The summed E-state index contributed by atoms with van der Waals surface area (Å²) in [5.41, 5.74) is 25.7. The molecule has 434 valence electrons. The van der Waals surface area contributed by atoms with Gasteiger partial charge in [-0.2, -0.15) is 0 Å². The molecule has 0 fully saturated rings. The number of anilines is 12. The first-order valence-corrected chi connectivity index (χ1v) is 31.5. The standard InChI is InChI=1S/C80H91BN4/c1-17-18-19-20-22-55-25-37-65(38-26-55)84-71-23-21-24-72-75(71)81(69-51-49-67(53-73(69)84)82(61-39-27-56(28-40-61)76(2,3)4)62-41-29-57(30-42-62)77(5,6)7)70-52-50-68(54-74(70)85(72)66-47-35-60(36-48-66)80(14,15)16)83(63-43-31-58(32-44-63)78(8,9)10)64-45-33-59(34-46-64)79(11,12)13/h21,23-54H,17-20,22H2,1-16H3. The summed E-state index contributed by atoms with van der Waals surface area (Å²) < 4.78 is 0. The van der Waals surface area contributed by atoms with E-state index in [9.17, 15) is 0 Å². The first kappa shape index (κ1) is 59.0. The first-order valence-electron chi connectivity index (χ1n) is 31.5. The SMILES string of the molecule is CCCCCCc1ccc(N2c3cc(N(c4ccc(C(C)(C)C)cc4)c4ccc(C(C)(C)C)cc4)ccc3B3c4ccc(N(c5ccc(C(C)(C)C)cc5)c5ccc(C(C)(C)C)cc5)cc4N(c4ccc(C(C)(C)C)cc4)c4cccc2c43)cc1. The van der Waals surface area contributed by atoms with Gasteiger partial charge in [0.2, 0.25) is 0 Å². The second-order valence-corrected chi connectivity index (χ2v) is 29.4. The van der Waals surface area contributed by atoms with Gasteiger partial charge in [-0.15, -0.1) is 0 Å². The van der Waals surface area contributed by atoms with Gasteiger partial charge in [-0.3, -0.25) is 0 Å². The summed E-state index contributed by atoms with van der Waals surface area (Å²) in [7, 11) is 0. The number of rotatable bonds is 13. The number of nitrogens with zero attached hydrogens (tertiary/aromatic N) is 4. The van der Waals surface area contributed by atoms with Gasteiger partial charge in [0.25, 0.3) is 6.71 Å². The molecule has 9 aromatic rings. The molecule has 0 amide bonds. The van der Waals surface area contributed by atoms with E-state index < -0.39 is 0 Å². The van der Waals surface area contributed by atoms with Crippen molar-refractivity contribution in [1.29, 1.82) is 0 Å². The molecule has 85 heavy (non-hydrogen) atoms. The predicted octanol–water partition coefficient (Wildman–Crippen LogP) is 21.3. The Morgan fingerprint density at radius 3 is 0.941 bits per heavy atom. The summed E-state index contributed by atoms with van der Waals surface area (Å²) in [4.78, 5) is 10.1. The maximum Gasteiger partial charge on any atom is 0.252 e. The third-order valence-electron chi connectivity index (χ3n) is 18.0. The Labute approximate surface area is 511 Å². The molecule has 4 nitrogen and oxygen atoms in total. The number of hydrogen-bond acceptors (Lipinski definition) is 4. The molecule has 0 spiro atoms. The predicted molar refractivity (Wildman–Crippen MR) is 371 cm³/mol. The average Bonchev–Trinajstić information content (AvgIpc) is 0.738. The van der Waals surface area contributed by atoms with Crippen LogP contribution in [0.5, 0.6) is 0 Å². The van der Waals surface area contributed by atoms with Crippen molar-refractivity contribution in [2.75, 3.05) is 19.6 Å². The fourth-order valence-electron chi connectivity index (χ4n) is 12.8. The zero-order valence-corrected chi connectivity index (χ0v) is 54.0. The minimum Gasteiger partial charge on any atom is -0.311 e. The molecular weight excluding hydrogens is 1030 g/mol. The van der Waals surface area contributed by atoms with Gasteiger partial charge in [0.05, 0.1) is 0 Å². The molecular formula is C80H91BN4. The number of benzene rings is 9. The molecule has 9 aromatic carbocycles. The highest BCUT2D eigenvalue weighted by Crippen LogP contribution is 2.48. The van der Waals surface area contributed by atoms with Crippen molar-refractivity contribution in [2.24, 2.45) is 0 Å². The Bertz CT molecular complexity index is 3690. The Morgan fingerprint density at radius 1 is 0.318 bits per heavy atom. The number of hydrogen-bond donors (Lipinski definition) is 0. The summed E-state index contributed by atoms with van der Waals surface area (Å²) in [5, 5.41) is 0. The highest BCUT2D eigenvalue weighted by Gasteiger charge is 2.44. The van der Waals surface area contributed by atoms with Crippen LogP contribution in [-0.4, -0.2) is 6.71 Å². The zero-order valence-electron chi connectivity index (χ0n) is 54.0. The van der Waals surface area contributed by atoms with E-state index in [4.69, 9.17) is 0 Å². The Morgan fingerprint density at radius 2 is 0.624 bits per heavy atom. The smallest absolute Gasteiger partial charge is 0.252 e. The highest BCUT2D eigenvalue weighted by molar-refractivity contribution is 7.00. The van der Waals surface area contributed by atoms with Crippen molar-refractivity contribution in [1.82, 2.24) is 0 Å². The van der Waals surface area contributed by atoms with Crippen molar-refractivity contribution < 1.29 is 0 Å². The highest BCUT2D eigenvalue weighted by atomic mass is 15.2. The summed E-state index contributed by atoms with van der Waals surface area (Å²) in [6, 6.07) is 77.6. The van der Waals surface area contributed by atoms with Crippen molar-refractivity contribution in [3.63, 3.8) is 0 Å². The molecule has 0 saturated carbocycles. The summed E-state index contributed by atoms with van der Waals surface area (Å²) >= 11 is 0. The van der Waals surface area contributed by atoms with Crippen LogP contribution in [0.3, 0.4) is 0 Å². The molecule has 2 aliphatic rings. The summed E-state index contributed by atoms with van der Waals surface area (Å²) in [6.45, 7) is 36.7. The van der Waals surface area contributed by atoms with Crippen LogP contribution in [-0.2, 0) is 33.5 Å². The van der Waals surface area contributed by atoms with Gasteiger partial charge in [0.15, 0.2) is 0 Å².